The molecule has 0 bridgehead atoms. The summed E-state index contributed by atoms with van der Waals surface area (Å²) in [6, 6.07) is 1.62. The Morgan fingerprint density at radius 3 is 2.62 bits per heavy atom. The zero-order chi connectivity index (χ0) is 15.8. The molecule has 1 aromatic carbocycles. The molecule has 1 aliphatic heterocycles. The molecule has 0 radical (unpaired) electrons. The van der Waals surface area contributed by atoms with Crippen LogP contribution in [-0.2, 0) is 10.0 Å². The van der Waals surface area contributed by atoms with Gasteiger partial charge < -0.3 is 10.4 Å². The van der Waals surface area contributed by atoms with Crippen molar-refractivity contribution in [3.8, 4) is 0 Å². The Bertz CT molecular complexity index is 666. The van der Waals surface area contributed by atoms with E-state index in [1.165, 1.54) is 7.05 Å². The number of sulfonamides is 1. The van der Waals surface area contributed by atoms with E-state index < -0.39 is 43.5 Å². The fraction of sp³-hybridized carbons (Fsp3) is 0.455. The van der Waals surface area contributed by atoms with Gasteiger partial charge in [0.1, 0.15) is 10.7 Å². The number of nitrogens with one attached hydrogen (secondary N) is 1. The Balaban J connectivity index is 2.37. The van der Waals surface area contributed by atoms with Crippen LogP contribution in [0.1, 0.15) is 0 Å². The molecule has 10 heteroatoms. The van der Waals surface area contributed by atoms with Gasteiger partial charge in [0.05, 0.1) is 23.1 Å². The number of nitro groups is 1. The molecule has 1 saturated heterocycles. The van der Waals surface area contributed by atoms with Gasteiger partial charge in [0, 0.05) is 26.2 Å². The third-order valence-corrected chi connectivity index (χ3v) is 5.32. The third kappa shape index (κ3) is 2.88. The van der Waals surface area contributed by atoms with Gasteiger partial charge in [0.2, 0.25) is 10.0 Å². The standard InChI is InChI=1S/C11H14FN3O5S/c1-14(9-5-13-6-10(9)16)21(19,20)11-3-2-7(15(17)18)4-8(11)12/h2-4,9-10,13,16H,5-6H2,1H3/t9-,10-/m1/s1. The van der Waals surface area contributed by atoms with E-state index in [1.54, 1.807) is 0 Å². The quantitative estimate of drug-likeness (QED) is 0.581. The van der Waals surface area contributed by atoms with Crippen molar-refractivity contribution in [1.29, 1.82) is 0 Å². The molecule has 1 heterocycles. The fourth-order valence-electron chi connectivity index (χ4n) is 2.17. The van der Waals surface area contributed by atoms with E-state index in [1.807, 2.05) is 0 Å². The summed E-state index contributed by atoms with van der Waals surface area (Å²) in [5.74, 6) is -1.20. The van der Waals surface area contributed by atoms with Crippen molar-refractivity contribution in [2.75, 3.05) is 20.1 Å². The maximum absolute atomic E-state index is 13.9. The number of nitro benzene ring substituents is 1. The number of rotatable bonds is 4. The predicted molar refractivity (Wildman–Crippen MR) is 70.7 cm³/mol. The van der Waals surface area contributed by atoms with Crippen molar-refractivity contribution in [3.63, 3.8) is 0 Å². The molecule has 21 heavy (non-hydrogen) atoms. The Morgan fingerprint density at radius 2 is 2.14 bits per heavy atom. The number of hydrogen-bond acceptors (Lipinski definition) is 6. The van der Waals surface area contributed by atoms with E-state index in [2.05, 4.69) is 5.32 Å². The number of nitrogens with zero attached hydrogens (tertiary/aromatic N) is 2. The van der Waals surface area contributed by atoms with Gasteiger partial charge in [-0.3, -0.25) is 10.1 Å². The highest BCUT2D eigenvalue weighted by Gasteiger charge is 2.37. The summed E-state index contributed by atoms with van der Waals surface area (Å²) >= 11 is 0. The number of non-ortho nitro benzene ring substituents is 1. The van der Waals surface area contributed by atoms with Crippen LogP contribution in [0, 0.1) is 15.9 Å². The van der Waals surface area contributed by atoms with Gasteiger partial charge in [0.25, 0.3) is 5.69 Å². The Labute approximate surface area is 120 Å². The molecule has 2 rings (SSSR count). The van der Waals surface area contributed by atoms with E-state index >= 15 is 0 Å². The van der Waals surface area contributed by atoms with Crippen molar-refractivity contribution in [3.05, 3.63) is 34.1 Å². The first kappa shape index (κ1) is 15.8. The Kier molecular flexibility index (Phi) is 4.23. The van der Waals surface area contributed by atoms with Crippen LogP contribution in [0.2, 0.25) is 0 Å². The fourth-order valence-corrected chi connectivity index (χ4v) is 3.60. The maximum Gasteiger partial charge on any atom is 0.272 e. The van der Waals surface area contributed by atoms with Crippen LogP contribution >= 0.6 is 0 Å². The second-order valence-electron chi connectivity index (χ2n) is 4.69. The minimum atomic E-state index is -4.19. The van der Waals surface area contributed by atoms with Gasteiger partial charge in [-0.25, -0.2) is 12.8 Å². The highest BCUT2D eigenvalue weighted by Crippen LogP contribution is 2.25. The number of β-amino-alcohol motifs (C(OH)–C–C–N with tert-alkyl or cyclic N) is 1. The lowest BCUT2D eigenvalue weighted by molar-refractivity contribution is -0.385. The van der Waals surface area contributed by atoms with Gasteiger partial charge in [-0.05, 0) is 6.07 Å². The highest BCUT2D eigenvalue weighted by molar-refractivity contribution is 7.89. The van der Waals surface area contributed by atoms with Gasteiger partial charge in [-0.2, -0.15) is 4.31 Å². The van der Waals surface area contributed by atoms with Crippen molar-refractivity contribution in [1.82, 2.24) is 9.62 Å². The van der Waals surface area contributed by atoms with Gasteiger partial charge in [0.15, 0.2) is 0 Å². The highest BCUT2D eigenvalue weighted by atomic mass is 32.2. The number of halogens is 1. The SMILES string of the molecule is CN([C@@H]1CNC[C@H]1O)S(=O)(=O)c1ccc([N+](=O)[O-])cc1F. The zero-order valence-corrected chi connectivity index (χ0v) is 11.9. The first-order valence-electron chi connectivity index (χ1n) is 6.06. The van der Waals surface area contributed by atoms with E-state index in [-0.39, 0.29) is 13.1 Å². The van der Waals surface area contributed by atoms with E-state index in [4.69, 9.17) is 0 Å². The average Bonchev–Trinajstić information content (AvgIpc) is 2.83. The van der Waals surface area contributed by atoms with Crippen molar-refractivity contribution in [2.24, 2.45) is 0 Å². The predicted octanol–water partition coefficient (Wildman–Crippen LogP) is -0.313. The molecule has 0 spiro atoms. The zero-order valence-electron chi connectivity index (χ0n) is 11.1. The normalized spacial score (nSPS) is 22.7. The molecule has 0 aromatic heterocycles. The van der Waals surface area contributed by atoms with Crippen molar-refractivity contribution < 1.29 is 22.8 Å². The monoisotopic (exact) mass is 319 g/mol. The molecular formula is C11H14FN3O5S. The lowest BCUT2D eigenvalue weighted by atomic mass is 10.2. The second kappa shape index (κ2) is 5.64. The molecule has 1 aliphatic rings. The molecule has 1 fully saturated rings. The lowest BCUT2D eigenvalue weighted by Crippen LogP contribution is -2.44. The summed E-state index contributed by atoms with van der Waals surface area (Å²) in [6.45, 7) is 0.485. The molecule has 116 valence electrons. The lowest BCUT2D eigenvalue weighted by Gasteiger charge is -2.25. The summed E-state index contributed by atoms with van der Waals surface area (Å²) in [4.78, 5) is 9.07. The molecule has 0 amide bonds. The summed E-state index contributed by atoms with van der Waals surface area (Å²) in [5, 5.41) is 23.1. The minimum Gasteiger partial charge on any atom is -0.390 e. The minimum absolute atomic E-state index is 0.242. The second-order valence-corrected chi connectivity index (χ2v) is 6.65. The average molecular weight is 319 g/mol. The smallest absolute Gasteiger partial charge is 0.272 e. The van der Waals surface area contributed by atoms with Crippen LogP contribution < -0.4 is 5.32 Å². The van der Waals surface area contributed by atoms with Crippen LogP contribution in [0.25, 0.3) is 0 Å². The summed E-state index contributed by atoms with van der Waals surface area (Å²) in [7, 11) is -2.96. The third-order valence-electron chi connectivity index (χ3n) is 3.40. The molecule has 8 nitrogen and oxygen atoms in total. The first-order valence-corrected chi connectivity index (χ1v) is 7.50. The van der Waals surface area contributed by atoms with Crippen LogP contribution in [0.3, 0.4) is 0 Å². The number of benzene rings is 1. The largest absolute Gasteiger partial charge is 0.390 e. The number of likely N-dealkylation sites (N-methyl/N-ethyl adjacent to an activating group) is 1. The van der Waals surface area contributed by atoms with Crippen LogP contribution in [0.15, 0.2) is 23.1 Å². The van der Waals surface area contributed by atoms with Gasteiger partial charge >= 0.3 is 0 Å². The van der Waals surface area contributed by atoms with Crippen LogP contribution in [-0.4, -0.2) is 55.0 Å². The molecular weight excluding hydrogens is 305 g/mol. The Hall–Kier alpha value is -1.62. The maximum atomic E-state index is 13.9. The van der Waals surface area contributed by atoms with Crippen LogP contribution in [0.5, 0.6) is 0 Å². The molecule has 2 atom stereocenters. The van der Waals surface area contributed by atoms with Crippen LogP contribution in [0.4, 0.5) is 10.1 Å². The topological polar surface area (TPSA) is 113 Å². The number of aliphatic hydroxyl groups is 1. The molecule has 0 aliphatic carbocycles. The van der Waals surface area contributed by atoms with Crippen molar-refractivity contribution >= 4 is 15.7 Å². The number of hydrogen-bond donors (Lipinski definition) is 2. The molecule has 0 saturated carbocycles. The summed E-state index contributed by atoms with van der Waals surface area (Å²) in [5.41, 5.74) is -0.531. The molecule has 2 N–H and O–H groups in total. The molecule has 1 aromatic rings. The van der Waals surface area contributed by atoms with Crippen molar-refractivity contribution in [2.45, 2.75) is 17.0 Å². The van der Waals surface area contributed by atoms with E-state index in [9.17, 15) is 28.0 Å². The number of aliphatic hydroxyl groups excluding tert-OH is 1. The summed E-state index contributed by atoms with van der Waals surface area (Å²) in [6.07, 6.45) is -0.897. The first-order chi connectivity index (χ1) is 9.75. The molecule has 0 unspecified atom stereocenters. The van der Waals surface area contributed by atoms with E-state index in [0.717, 1.165) is 16.4 Å². The van der Waals surface area contributed by atoms with Gasteiger partial charge in [-0.15, -0.1) is 0 Å². The van der Waals surface area contributed by atoms with Gasteiger partial charge in [-0.1, -0.05) is 0 Å². The Morgan fingerprint density at radius 1 is 1.48 bits per heavy atom. The summed E-state index contributed by atoms with van der Waals surface area (Å²) < 4.78 is 39.4. The van der Waals surface area contributed by atoms with E-state index in [0.29, 0.717) is 6.07 Å².